The van der Waals surface area contributed by atoms with Crippen LogP contribution in [0.3, 0.4) is 0 Å². The Labute approximate surface area is 122 Å². The predicted molar refractivity (Wildman–Crippen MR) is 86.3 cm³/mol. The summed E-state index contributed by atoms with van der Waals surface area (Å²) in [6.45, 7) is 0.923. The number of thioether (sulfide) groups is 1. The van der Waals surface area contributed by atoms with Crippen molar-refractivity contribution >= 4 is 16.8 Å². The van der Waals surface area contributed by atoms with Crippen LogP contribution in [0, 0.1) is 6.07 Å². The van der Waals surface area contributed by atoms with Crippen LogP contribution >= 0.6 is 11.8 Å². The topological polar surface area (TPSA) is 42.7 Å². The molecule has 98 valence electrons. The first-order valence-electron chi connectivity index (χ1n) is 6.41. The number of hydrogen-bond donors (Lipinski definition) is 1. The van der Waals surface area contributed by atoms with Gasteiger partial charge in [0.2, 0.25) is 0 Å². The molecule has 0 radical (unpaired) electrons. The van der Waals surface area contributed by atoms with Gasteiger partial charge in [-0.1, -0.05) is 48.3 Å². The molecule has 1 aliphatic rings. The van der Waals surface area contributed by atoms with Gasteiger partial charge in [0.1, 0.15) is 5.56 Å². The Hall–Kier alpha value is -2.25. The van der Waals surface area contributed by atoms with Crippen molar-refractivity contribution in [1.82, 2.24) is 0 Å². The summed E-state index contributed by atoms with van der Waals surface area (Å²) in [6.07, 6.45) is 0. The van der Waals surface area contributed by atoms with Gasteiger partial charge in [-0.2, -0.15) is 0 Å². The molecule has 0 spiro atoms. The maximum Gasteiger partial charge on any atom is 0.357 e. The molecule has 0 fully saturated rings. The van der Waals surface area contributed by atoms with Crippen molar-refractivity contribution in [3.8, 4) is 17.2 Å². The molecule has 3 nitrogen and oxygen atoms in total. The van der Waals surface area contributed by atoms with Crippen molar-refractivity contribution < 1.29 is 0 Å². The number of rotatable bonds is 2. The molecule has 2 aromatic rings. The normalized spacial score (nSPS) is 13.5. The summed E-state index contributed by atoms with van der Waals surface area (Å²) in [7, 11) is 0. The van der Waals surface area contributed by atoms with Crippen LogP contribution in [0.4, 0.5) is 0 Å². The zero-order valence-corrected chi connectivity index (χ0v) is 11.7. The van der Waals surface area contributed by atoms with Gasteiger partial charge in [-0.05, 0) is 11.6 Å². The summed E-state index contributed by atoms with van der Waals surface area (Å²) in [5.41, 5.74) is 4.29. The van der Waals surface area contributed by atoms with E-state index >= 15 is 0 Å². The minimum Gasteiger partial charge on any atom is -0.277 e. The van der Waals surface area contributed by atoms with Gasteiger partial charge in [0.15, 0.2) is 0 Å². The minimum atomic E-state index is 0.898. The van der Waals surface area contributed by atoms with Gasteiger partial charge >= 0.3 is 6.07 Å². The lowest BCUT2D eigenvalue weighted by molar-refractivity contribution is 1.17. The molecule has 0 saturated carbocycles. The van der Waals surface area contributed by atoms with Crippen LogP contribution in [0.15, 0.2) is 53.5 Å². The first-order chi connectivity index (χ1) is 9.88. The van der Waals surface area contributed by atoms with Gasteiger partial charge < -0.3 is 0 Å². The van der Waals surface area contributed by atoms with Crippen molar-refractivity contribution in [2.45, 2.75) is 0 Å². The van der Waals surface area contributed by atoms with Gasteiger partial charge in [-0.3, -0.25) is 4.99 Å². The summed E-state index contributed by atoms with van der Waals surface area (Å²) in [5.74, 6) is 6.29. The molecule has 0 bridgehead atoms. The summed E-state index contributed by atoms with van der Waals surface area (Å²) in [6, 6.07) is 19.2. The fourth-order valence-electron chi connectivity index (χ4n) is 2.20. The SMILES string of the molecule is N[N+]#Cc1ccccc1-c1ccc(C2=NCCS2)cc1. The van der Waals surface area contributed by atoms with Gasteiger partial charge in [0.25, 0.3) is 0 Å². The molecule has 0 unspecified atom stereocenters. The van der Waals surface area contributed by atoms with Crippen molar-refractivity contribution in [2.75, 3.05) is 12.3 Å². The first-order valence-corrected chi connectivity index (χ1v) is 7.40. The molecule has 1 heterocycles. The molecule has 2 aromatic carbocycles. The van der Waals surface area contributed by atoms with Crippen LogP contribution in [0.5, 0.6) is 0 Å². The lowest BCUT2D eigenvalue weighted by atomic mass is 9.99. The largest absolute Gasteiger partial charge is 0.357 e. The molecule has 1 aliphatic heterocycles. The molecular weight excluding hydrogens is 266 g/mol. The highest BCUT2D eigenvalue weighted by Gasteiger charge is 2.11. The molecule has 4 heteroatoms. The molecule has 0 atom stereocenters. The standard InChI is InChI=1S/C16H14N3S/c17-19-11-14-3-1-2-4-15(14)12-5-7-13(8-6-12)16-18-9-10-20-16/h1-8H,9-10,17H2/q+1. The van der Waals surface area contributed by atoms with Gasteiger partial charge in [-0.25, -0.2) is 0 Å². The van der Waals surface area contributed by atoms with E-state index in [-0.39, 0.29) is 0 Å². The number of aliphatic imine (C=N–C) groups is 1. The molecule has 0 saturated heterocycles. The fraction of sp³-hybridized carbons (Fsp3) is 0.125. The van der Waals surface area contributed by atoms with E-state index in [0.717, 1.165) is 34.0 Å². The van der Waals surface area contributed by atoms with Crippen LogP contribution in [0.25, 0.3) is 16.1 Å². The van der Waals surface area contributed by atoms with Crippen LogP contribution < -0.4 is 5.84 Å². The maximum atomic E-state index is 5.21. The molecule has 0 amide bonds. The maximum absolute atomic E-state index is 5.21. The number of nitrogens with zero attached hydrogens (tertiary/aromatic N) is 2. The summed E-state index contributed by atoms with van der Waals surface area (Å²) >= 11 is 1.81. The summed E-state index contributed by atoms with van der Waals surface area (Å²) in [4.78, 5) is 7.99. The molecule has 2 N–H and O–H groups in total. The van der Waals surface area contributed by atoms with E-state index in [0.29, 0.717) is 0 Å². The predicted octanol–water partition coefficient (Wildman–Crippen LogP) is 3.40. The Morgan fingerprint density at radius 2 is 1.80 bits per heavy atom. The van der Waals surface area contributed by atoms with E-state index in [1.807, 2.05) is 36.0 Å². The molecule has 3 rings (SSSR count). The van der Waals surface area contributed by atoms with Crippen LogP contribution in [0.2, 0.25) is 0 Å². The average Bonchev–Trinajstić information content (AvgIpc) is 3.03. The van der Waals surface area contributed by atoms with E-state index in [1.165, 1.54) is 5.56 Å². The molecular formula is C16H14N3S+. The third-order valence-corrected chi connectivity index (χ3v) is 4.17. The Bertz CT molecular complexity index is 708. The van der Waals surface area contributed by atoms with E-state index < -0.39 is 0 Å². The Kier molecular flexibility index (Phi) is 3.71. The monoisotopic (exact) mass is 280 g/mol. The Morgan fingerprint density at radius 3 is 2.50 bits per heavy atom. The molecule has 20 heavy (non-hydrogen) atoms. The van der Waals surface area contributed by atoms with Gasteiger partial charge in [-0.15, -0.1) is 11.8 Å². The van der Waals surface area contributed by atoms with E-state index in [1.54, 1.807) is 0 Å². The Balaban J connectivity index is 1.96. The van der Waals surface area contributed by atoms with Crippen molar-refractivity contribution in [1.29, 1.82) is 0 Å². The van der Waals surface area contributed by atoms with Gasteiger partial charge in [0.05, 0.1) is 10.00 Å². The van der Waals surface area contributed by atoms with E-state index in [9.17, 15) is 0 Å². The van der Waals surface area contributed by atoms with E-state index in [2.05, 4.69) is 40.3 Å². The van der Waals surface area contributed by atoms with Crippen molar-refractivity contribution in [3.63, 3.8) is 0 Å². The smallest absolute Gasteiger partial charge is 0.277 e. The number of benzene rings is 2. The lowest BCUT2D eigenvalue weighted by Crippen LogP contribution is -1.92. The lowest BCUT2D eigenvalue weighted by Gasteiger charge is -2.05. The number of nitrogens with two attached hydrogens (primary N) is 1. The second-order valence-electron chi connectivity index (χ2n) is 4.40. The van der Waals surface area contributed by atoms with Crippen molar-refractivity contribution in [3.05, 3.63) is 64.6 Å². The summed E-state index contributed by atoms with van der Waals surface area (Å²) in [5, 5.41) is 1.14. The third-order valence-electron chi connectivity index (χ3n) is 3.14. The minimum absolute atomic E-state index is 0.898. The zero-order chi connectivity index (χ0) is 13.8. The van der Waals surface area contributed by atoms with Crippen LogP contribution in [-0.4, -0.2) is 17.3 Å². The highest BCUT2D eigenvalue weighted by Crippen LogP contribution is 2.25. The zero-order valence-electron chi connectivity index (χ0n) is 10.9. The number of hydrogen-bond acceptors (Lipinski definition) is 3. The quantitative estimate of drug-likeness (QED) is 0.676. The summed E-state index contributed by atoms with van der Waals surface area (Å²) < 4.78 is 0. The molecule has 0 aliphatic carbocycles. The second-order valence-corrected chi connectivity index (χ2v) is 5.48. The highest BCUT2D eigenvalue weighted by atomic mass is 32.2. The molecule has 0 aromatic heterocycles. The average molecular weight is 280 g/mol. The van der Waals surface area contributed by atoms with Crippen LogP contribution in [0.1, 0.15) is 11.1 Å². The first kappa shape index (κ1) is 12.8. The third kappa shape index (κ3) is 2.54. The Morgan fingerprint density at radius 1 is 1.05 bits per heavy atom. The van der Waals surface area contributed by atoms with Crippen molar-refractivity contribution in [2.24, 2.45) is 10.8 Å². The second kappa shape index (κ2) is 5.81. The van der Waals surface area contributed by atoms with Crippen LogP contribution in [-0.2, 0) is 0 Å². The van der Waals surface area contributed by atoms with Gasteiger partial charge in [0, 0.05) is 23.4 Å². The fourth-order valence-corrected chi connectivity index (χ4v) is 3.07. The highest BCUT2D eigenvalue weighted by molar-refractivity contribution is 8.14. The van der Waals surface area contributed by atoms with E-state index in [4.69, 9.17) is 5.84 Å².